The predicted molar refractivity (Wildman–Crippen MR) is 196 cm³/mol. The highest BCUT2D eigenvalue weighted by Gasteiger charge is 2.24. The molecule has 12 nitrogen and oxygen atoms in total. The first-order chi connectivity index (χ1) is 24.8. The van der Waals surface area contributed by atoms with Gasteiger partial charge in [0.25, 0.3) is 5.56 Å². The first-order valence-electron chi connectivity index (χ1n) is 16.1. The van der Waals surface area contributed by atoms with Crippen molar-refractivity contribution in [2.24, 2.45) is 0 Å². The molecule has 7 rings (SSSR count). The van der Waals surface area contributed by atoms with Crippen molar-refractivity contribution >= 4 is 50.9 Å². The Labute approximate surface area is 296 Å². The first-order valence-corrected chi connectivity index (χ1v) is 16.5. The number of hydrogen-bond donors (Lipinski definition) is 4. The van der Waals surface area contributed by atoms with Gasteiger partial charge in [0.05, 0.1) is 28.8 Å². The minimum Gasteiger partial charge on any atom is -0.508 e. The number of amides is 1. The van der Waals surface area contributed by atoms with Crippen LogP contribution in [0.15, 0.2) is 102 Å². The van der Waals surface area contributed by atoms with Crippen molar-refractivity contribution in [1.29, 1.82) is 0 Å². The Kier molecular flexibility index (Phi) is 9.36. The number of anilines is 2. The van der Waals surface area contributed by atoms with Crippen LogP contribution in [-0.2, 0) is 11.3 Å². The number of carbonyl (C=O) groups is 1. The number of carbonyl (C=O) groups excluding carboxylic acids is 1. The number of nitrogens with zero attached hydrogens (tertiary/aromatic N) is 6. The van der Waals surface area contributed by atoms with E-state index in [2.05, 4.69) is 37.1 Å². The van der Waals surface area contributed by atoms with Gasteiger partial charge in [0.2, 0.25) is 5.91 Å². The maximum atomic E-state index is 13.8. The number of aromatic hydroxyl groups is 1. The monoisotopic (exact) mass is 695 g/mol. The topological polar surface area (TPSA) is 178 Å². The number of phenols is 1. The summed E-state index contributed by atoms with van der Waals surface area (Å²) in [6.45, 7) is 0.203. The van der Waals surface area contributed by atoms with Gasteiger partial charge < -0.3 is 21.1 Å². The van der Waals surface area contributed by atoms with Gasteiger partial charge >= 0.3 is 0 Å². The lowest BCUT2D eigenvalue weighted by Crippen LogP contribution is -2.20. The number of halogens is 1. The Hall–Kier alpha value is -6.58. The summed E-state index contributed by atoms with van der Waals surface area (Å²) in [5.74, 6) is 6.28. The number of nitrogen functional groups attached to an aromatic ring is 1. The van der Waals surface area contributed by atoms with Gasteiger partial charge in [-0.15, -0.1) is 0 Å². The minimum absolute atomic E-state index is 0.0776. The number of aromatic amines is 1. The normalized spacial score (nSPS) is 11.6. The molecule has 4 heterocycles. The van der Waals surface area contributed by atoms with Crippen molar-refractivity contribution in [2.75, 3.05) is 11.1 Å². The third kappa shape index (κ3) is 7.24. The lowest BCUT2D eigenvalue weighted by Gasteiger charge is -2.18. The Morgan fingerprint density at radius 1 is 1.02 bits per heavy atom. The number of phenolic OH excluding ortho intramolecular Hbond substituents is 1. The molecule has 0 aliphatic carbocycles. The van der Waals surface area contributed by atoms with Crippen LogP contribution >= 0.6 is 11.6 Å². The Morgan fingerprint density at radius 2 is 1.84 bits per heavy atom. The van der Waals surface area contributed by atoms with Gasteiger partial charge in [-0.3, -0.25) is 14.6 Å². The quantitative estimate of drug-likeness (QED) is 0.103. The first kappa shape index (κ1) is 32.9. The smallest absolute Gasteiger partial charge is 0.260 e. The molecule has 0 radical (unpaired) electrons. The van der Waals surface area contributed by atoms with E-state index in [9.17, 15) is 14.7 Å². The van der Waals surface area contributed by atoms with E-state index in [0.29, 0.717) is 74.6 Å². The molecule has 0 aliphatic rings. The van der Waals surface area contributed by atoms with E-state index in [1.54, 1.807) is 71.7 Å². The van der Waals surface area contributed by atoms with Crippen molar-refractivity contribution in [3.05, 3.63) is 130 Å². The standard InChI is InChI=1S/C38H30ClN9O3/c39-26-11-4-9-24(19-26)29(21-48-37-33(35(40)42-22-43-37)34(47-48)25-10-5-12-28(49)20-25)36-45-30-13-6-8-23(32(30)38(51)46-36)7-2-1-3-14-31(50)44-27-15-17-41-18-16-27/h4-6,8-13,15-20,22,29,49H,1,3,14,21H2,(H2,40,42,43)(H,41,44,50)(H,45,46,51). The van der Waals surface area contributed by atoms with Crippen LogP contribution in [0.3, 0.4) is 0 Å². The van der Waals surface area contributed by atoms with Gasteiger partial charge in [-0.05, 0) is 60.5 Å². The second-order valence-corrected chi connectivity index (χ2v) is 12.2. The van der Waals surface area contributed by atoms with E-state index in [-0.39, 0.29) is 29.6 Å². The average Bonchev–Trinajstić information content (AvgIpc) is 3.50. The van der Waals surface area contributed by atoms with Crippen LogP contribution < -0.4 is 16.6 Å². The minimum atomic E-state index is -0.523. The predicted octanol–water partition coefficient (Wildman–Crippen LogP) is 6.06. The summed E-state index contributed by atoms with van der Waals surface area (Å²) < 4.78 is 1.70. The van der Waals surface area contributed by atoms with Crippen LogP contribution in [0.1, 0.15) is 42.1 Å². The summed E-state index contributed by atoms with van der Waals surface area (Å²) in [6.07, 6.45) is 5.93. The summed E-state index contributed by atoms with van der Waals surface area (Å²) in [6, 6.07) is 22.8. The van der Waals surface area contributed by atoms with Crippen LogP contribution in [0, 0.1) is 11.8 Å². The van der Waals surface area contributed by atoms with E-state index in [1.165, 1.54) is 6.33 Å². The number of nitrogens with one attached hydrogen (secondary N) is 2. The van der Waals surface area contributed by atoms with E-state index in [1.807, 2.05) is 24.3 Å². The molecule has 7 aromatic rings. The molecule has 5 N–H and O–H groups in total. The van der Waals surface area contributed by atoms with Crippen LogP contribution in [0.2, 0.25) is 5.02 Å². The Morgan fingerprint density at radius 3 is 2.67 bits per heavy atom. The number of nitrogens with two attached hydrogens (primary N) is 1. The van der Waals surface area contributed by atoms with Crippen molar-refractivity contribution in [3.63, 3.8) is 0 Å². The van der Waals surface area contributed by atoms with E-state index in [0.717, 1.165) is 5.56 Å². The number of H-pyrrole nitrogens is 1. The molecule has 13 heteroatoms. The van der Waals surface area contributed by atoms with Crippen molar-refractivity contribution in [1.82, 2.24) is 34.7 Å². The van der Waals surface area contributed by atoms with Crippen LogP contribution in [0.25, 0.3) is 33.2 Å². The largest absolute Gasteiger partial charge is 0.508 e. The molecule has 4 aromatic heterocycles. The van der Waals surface area contributed by atoms with Gasteiger partial charge in [-0.2, -0.15) is 5.10 Å². The van der Waals surface area contributed by atoms with Gasteiger partial charge in [-0.1, -0.05) is 53.8 Å². The van der Waals surface area contributed by atoms with Gasteiger partial charge in [0.1, 0.15) is 29.4 Å². The zero-order chi connectivity index (χ0) is 35.3. The highest BCUT2D eigenvalue weighted by molar-refractivity contribution is 6.30. The molecule has 252 valence electrons. The summed E-state index contributed by atoms with van der Waals surface area (Å²) in [7, 11) is 0. The molecule has 51 heavy (non-hydrogen) atoms. The van der Waals surface area contributed by atoms with Gasteiger partial charge in [0, 0.05) is 47.1 Å². The van der Waals surface area contributed by atoms with E-state index < -0.39 is 5.92 Å². The lowest BCUT2D eigenvalue weighted by atomic mass is 9.97. The molecule has 0 saturated heterocycles. The van der Waals surface area contributed by atoms with E-state index >= 15 is 0 Å². The van der Waals surface area contributed by atoms with Crippen LogP contribution in [-0.4, -0.2) is 45.7 Å². The van der Waals surface area contributed by atoms with Gasteiger partial charge in [-0.25, -0.2) is 19.6 Å². The number of unbranched alkanes of at least 4 members (excludes halogenated alkanes) is 1. The molecule has 1 unspecified atom stereocenters. The van der Waals surface area contributed by atoms with E-state index in [4.69, 9.17) is 27.4 Å². The molecule has 1 atom stereocenters. The second-order valence-electron chi connectivity index (χ2n) is 11.7. The maximum Gasteiger partial charge on any atom is 0.260 e. The molecule has 0 spiro atoms. The summed E-state index contributed by atoms with van der Waals surface area (Å²) in [5, 5.41) is 19.3. The van der Waals surface area contributed by atoms with Crippen LogP contribution in [0.4, 0.5) is 11.5 Å². The average molecular weight is 696 g/mol. The number of benzene rings is 3. The SMILES string of the molecule is Nc1ncnc2c1c(-c1cccc(O)c1)nn2CC(c1cccc(Cl)c1)c1nc2cccc(C#CCCCC(=O)Nc3ccncc3)c2c(=O)[nH]1. The number of rotatable bonds is 9. The zero-order valence-electron chi connectivity index (χ0n) is 27.0. The van der Waals surface area contributed by atoms with Crippen molar-refractivity contribution in [3.8, 4) is 28.8 Å². The molecule has 0 fully saturated rings. The number of aromatic nitrogens is 7. The summed E-state index contributed by atoms with van der Waals surface area (Å²) >= 11 is 6.45. The molecular formula is C38H30ClN9O3. The fourth-order valence-corrected chi connectivity index (χ4v) is 6.09. The van der Waals surface area contributed by atoms with Crippen molar-refractivity contribution in [2.45, 2.75) is 31.7 Å². The number of hydrogen-bond acceptors (Lipinski definition) is 9. The molecule has 1 amide bonds. The Bertz CT molecular complexity index is 2520. The molecule has 0 saturated carbocycles. The number of pyridine rings is 1. The lowest BCUT2D eigenvalue weighted by molar-refractivity contribution is -0.116. The fourth-order valence-electron chi connectivity index (χ4n) is 5.89. The van der Waals surface area contributed by atoms with Gasteiger partial charge in [0.15, 0.2) is 5.65 Å². The summed E-state index contributed by atoms with van der Waals surface area (Å²) in [5.41, 5.74) is 10.1. The summed E-state index contributed by atoms with van der Waals surface area (Å²) in [4.78, 5) is 46.6. The molecular weight excluding hydrogens is 666 g/mol. The third-order valence-corrected chi connectivity index (χ3v) is 8.49. The second kappa shape index (κ2) is 14.5. The molecule has 0 bridgehead atoms. The third-order valence-electron chi connectivity index (χ3n) is 8.26. The zero-order valence-corrected chi connectivity index (χ0v) is 27.8. The maximum absolute atomic E-state index is 13.8. The highest BCUT2D eigenvalue weighted by Crippen LogP contribution is 2.34. The molecule has 3 aromatic carbocycles. The van der Waals surface area contributed by atoms with Crippen molar-refractivity contribution < 1.29 is 9.90 Å². The highest BCUT2D eigenvalue weighted by atomic mass is 35.5. The molecule has 0 aliphatic heterocycles. The number of fused-ring (bicyclic) bond motifs is 2. The van der Waals surface area contributed by atoms with Crippen LogP contribution in [0.5, 0.6) is 5.75 Å². The fraction of sp³-hybridized carbons (Fsp3) is 0.132. The Balaban J connectivity index is 1.20.